The maximum absolute atomic E-state index is 9.21. The van der Waals surface area contributed by atoms with Crippen LogP contribution in [0.15, 0.2) is 36.6 Å². The Kier molecular flexibility index (Phi) is 3.53. The molecule has 2 unspecified atom stereocenters. The van der Waals surface area contributed by atoms with E-state index in [0.29, 0.717) is 0 Å². The summed E-state index contributed by atoms with van der Waals surface area (Å²) < 4.78 is 5.30. The SMILES string of the molecule is C=COC(CO)C1(C)C=CC(C)=CC1. The van der Waals surface area contributed by atoms with E-state index in [1.54, 1.807) is 0 Å². The molecule has 2 heteroatoms. The second-order valence-corrected chi connectivity index (χ2v) is 3.97. The van der Waals surface area contributed by atoms with Crippen LogP contribution in [-0.2, 0) is 4.74 Å². The average molecular weight is 194 g/mol. The smallest absolute Gasteiger partial charge is 0.130 e. The van der Waals surface area contributed by atoms with E-state index >= 15 is 0 Å². The van der Waals surface area contributed by atoms with E-state index in [-0.39, 0.29) is 18.1 Å². The number of aliphatic hydroxyl groups excluding tert-OH is 1. The van der Waals surface area contributed by atoms with Crippen molar-refractivity contribution in [3.63, 3.8) is 0 Å². The molecule has 1 aliphatic rings. The Morgan fingerprint density at radius 2 is 2.50 bits per heavy atom. The Labute approximate surface area is 85.6 Å². The summed E-state index contributed by atoms with van der Waals surface area (Å²) in [5, 5.41) is 9.21. The fraction of sp³-hybridized carbons (Fsp3) is 0.500. The molecule has 0 aromatic carbocycles. The van der Waals surface area contributed by atoms with Crippen LogP contribution in [0.4, 0.5) is 0 Å². The van der Waals surface area contributed by atoms with Crippen molar-refractivity contribution in [1.29, 1.82) is 0 Å². The summed E-state index contributed by atoms with van der Waals surface area (Å²) in [6, 6.07) is 0. The molecule has 14 heavy (non-hydrogen) atoms. The minimum absolute atomic E-state index is 0.0136. The van der Waals surface area contributed by atoms with Crippen LogP contribution in [0.1, 0.15) is 20.3 Å². The van der Waals surface area contributed by atoms with Gasteiger partial charge in [-0.1, -0.05) is 37.3 Å². The van der Waals surface area contributed by atoms with Gasteiger partial charge >= 0.3 is 0 Å². The van der Waals surface area contributed by atoms with Crippen molar-refractivity contribution in [3.8, 4) is 0 Å². The quantitative estimate of drug-likeness (QED) is 0.696. The van der Waals surface area contributed by atoms with Gasteiger partial charge in [-0.05, 0) is 13.3 Å². The first-order chi connectivity index (χ1) is 6.62. The molecular weight excluding hydrogens is 176 g/mol. The topological polar surface area (TPSA) is 29.5 Å². The molecule has 0 radical (unpaired) electrons. The van der Waals surface area contributed by atoms with Gasteiger partial charge in [0.1, 0.15) is 6.10 Å². The summed E-state index contributed by atoms with van der Waals surface area (Å²) in [5.41, 5.74) is 1.14. The number of hydrogen-bond donors (Lipinski definition) is 1. The van der Waals surface area contributed by atoms with Gasteiger partial charge in [0.25, 0.3) is 0 Å². The Hall–Kier alpha value is -1.02. The highest BCUT2D eigenvalue weighted by Gasteiger charge is 2.32. The molecule has 0 amide bonds. The molecule has 0 bridgehead atoms. The highest BCUT2D eigenvalue weighted by Crippen LogP contribution is 2.34. The first-order valence-electron chi connectivity index (χ1n) is 4.85. The van der Waals surface area contributed by atoms with Gasteiger partial charge in [-0.2, -0.15) is 0 Å². The van der Waals surface area contributed by atoms with E-state index < -0.39 is 0 Å². The molecule has 1 rings (SSSR count). The lowest BCUT2D eigenvalue weighted by atomic mass is 9.77. The molecule has 1 aliphatic carbocycles. The molecule has 0 aliphatic heterocycles. The molecule has 2 nitrogen and oxygen atoms in total. The van der Waals surface area contributed by atoms with E-state index in [2.05, 4.69) is 38.7 Å². The first-order valence-corrected chi connectivity index (χ1v) is 4.85. The first kappa shape index (κ1) is 11.1. The molecule has 0 spiro atoms. The van der Waals surface area contributed by atoms with Gasteiger partial charge in [0, 0.05) is 5.41 Å². The van der Waals surface area contributed by atoms with Gasteiger partial charge in [-0.3, -0.25) is 0 Å². The molecule has 0 fully saturated rings. The molecule has 0 saturated heterocycles. The number of rotatable bonds is 4. The predicted octanol–water partition coefficient (Wildman–Crippen LogP) is 2.42. The number of ether oxygens (including phenoxy) is 1. The normalized spacial score (nSPS) is 28.1. The van der Waals surface area contributed by atoms with Crippen LogP contribution in [0.2, 0.25) is 0 Å². The van der Waals surface area contributed by atoms with Crippen LogP contribution < -0.4 is 0 Å². The molecule has 78 valence electrons. The average Bonchev–Trinajstić information content (AvgIpc) is 2.19. The zero-order chi connectivity index (χ0) is 10.6. The maximum atomic E-state index is 9.21. The summed E-state index contributed by atoms with van der Waals surface area (Å²) in [4.78, 5) is 0. The fourth-order valence-corrected chi connectivity index (χ4v) is 1.60. The van der Waals surface area contributed by atoms with E-state index in [0.717, 1.165) is 6.42 Å². The maximum Gasteiger partial charge on any atom is 0.130 e. The molecular formula is C12H18O2. The molecule has 0 aromatic heterocycles. The lowest BCUT2D eigenvalue weighted by Gasteiger charge is -2.34. The Balaban J connectivity index is 2.74. The van der Waals surface area contributed by atoms with Crippen LogP contribution in [-0.4, -0.2) is 17.8 Å². The third kappa shape index (κ3) is 2.26. The zero-order valence-corrected chi connectivity index (χ0v) is 8.86. The van der Waals surface area contributed by atoms with Crippen molar-refractivity contribution < 1.29 is 9.84 Å². The van der Waals surface area contributed by atoms with Gasteiger partial charge in [-0.15, -0.1) is 0 Å². The summed E-state index contributed by atoms with van der Waals surface area (Å²) in [6.07, 6.45) is 8.42. The largest absolute Gasteiger partial charge is 0.495 e. The van der Waals surface area contributed by atoms with Gasteiger partial charge in [0.2, 0.25) is 0 Å². The molecule has 0 saturated carbocycles. The highest BCUT2D eigenvalue weighted by atomic mass is 16.5. The fourth-order valence-electron chi connectivity index (χ4n) is 1.60. The van der Waals surface area contributed by atoms with Gasteiger partial charge in [0.15, 0.2) is 0 Å². The summed E-state index contributed by atoms with van der Waals surface area (Å²) in [7, 11) is 0. The van der Waals surface area contributed by atoms with Gasteiger partial charge in [0.05, 0.1) is 12.9 Å². The van der Waals surface area contributed by atoms with E-state index in [1.807, 2.05) is 0 Å². The Morgan fingerprint density at radius 1 is 1.79 bits per heavy atom. The van der Waals surface area contributed by atoms with Crippen LogP contribution >= 0.6 is 0 Å². The van der Waals surface area contributed by atoms with Crippen LogP contribution in [0, 0.1) is 5.41 Å². The standard InChI is InChI=1S/C12H18O2/c1-4-14-11(9-13)12(3)7-5-10(2)6-8-12/h4-7,11,13H,1,8-9H2,2-3H3. The Morgan fingerprint density at radius 3 is 2.93 bits per heavy atom. The third-order valence-corrected chi connectivity index (χ3v) is 2.75. The van der Waals surface area contributed by atoms with E-state index in [1.165, 1.54) is 11.8 Å². The lowest BCUT2D eigenvalue weighted by Crippen LogP contribution is -2.35. The number of allylic oxidation sites excluding steroid dienone is 3. The molecule has 0 heterocycles. The third-order valence-electron chi connectivity index (χ3n) is 2.75. The van der Waals surface area contributed by atoms with Gasteiger partial charge < -0.3 is 9.84 Å². The van der Waals surface area contributed by atoms with Crippen molar-refractivity contribution in [2.45, 2.75) is 26.4 Å². The van der Waals surface area contributed by atoms with Crippen molar-refractivity contribution >= 4 is 0 Å². The predicted molar refractivity (Wildman–Crippen MR) is 57.8 cm³/mol. The van der Waals surface area contributed by atoms with E-state index in [4.69, 9.17) is 4.74 Å². The number of hydrogen-bond acceptors (Lipinski definition) is 2. The van der Waals surface area contributed by atoms with E-state index in [9.17, 15) is 5.11 Å². The molecule has 1 N–H and O–H groups in total. The zero-order valence-electron chi connectivity index (χ0n) is 8.86. The summed E-state index contributed by atoms with van der Waals surface area (Å²) >= 11 is 0. The second kappa shape index (κ2) is 4.47. The Bertz CT molecular complexity index is 265. The van der Waals surface area contributed by atoms with Crippen molar-refractivity contribution in [3.05, 3.63) is 36.6 Å². The number of aliphatic hydroxyl groups is 1. The highest BCUT2D eigenvalue weighted by molar-refractivity contribution is 5.25. The minimum atomic E-state index is -0.208. The minimum Gasteiger partial charge on any atom is -0.495 e. The van der Waals surface area contributed by atoms with Gasteiger partial charge in [-0.25, -0.2) is 0 Å². The van der Waals surface area contributed by atoms with Crippen molar-refractivity contribution in [2.24, 2.45) is 5.41 Å². The second-order valence-electron chi connectivity index (χ2n) is 3.97. The lowest BCUT2D eigenvalue weighted by molar-refractivity contribution is 0.00721. The summed E-state index contributed by atoms with van der Waals surface area (Å²) in [5.74, 6) is 0. The summed E-state index contributed by atoms with van der Waals surface area (Å²) in [6.45, 7) is 7.68. The monoisotopic (exact) mass is 194 g/mol. The molecule has 2 atom stereocenters. The molecule has 0 aromatic rings. The van der Waals surface area contributed by atoms with Crippen LogP contribution in [0.3, 0.4) is 0 Å². The van der Waals surface area contributed by atoms with Crippen LogP contribution in [0.25, 0.3) is 0 Å². The van der Waals surface area contributed by atoms with Crippen molar-refractivity contribution in [1.82, 2.24) is 0 Å². The van der Waals surface area contributed by atoms with Crippen molar-refractivity contribution in [2.75, 3.05) is 6.61 Å². The van der Waals surface area contributed by atoms with Crippen LogP contribution in [0.5, 0.6) is 0 Å².